The molecule has 0 unspecified atom stereocenters. The highest BCUT2D eigenvalue weighted by Gasteiger charge is 2.33. The van der Waals surface area contributed by atoms with Crippen LogP contribution in [-0.4, -0.2) is 107 Å². The Balaban J connectivity index is 0.000000489. The Hall–Kier alpha value is 0.194. The smallest absolute Gasteiger partial charge is 0.401 e. The number of morpholine rings is 1. The van der Waals surface area contributed by atoms with Gasteiger partial charge in [-0.2, -0.15) is 0 Å². The molecule has 1 amide bonds. The van der Waals surface area contributed by atoms with Crippen molar-refractivity contribution < 1.29 is 18.8 Å². The molecule has 0 aromatic heterocycles. The predicted molar refractivity (Wildman–Crippen MR) is 160 cm³/mol. The van der Waals surface area contributed by atoms with Crippen LogP contribution in [0.15, 0.2) is 0 Å². The SMILES string of the molecule is C[SiH](C)CN(O[Si](C)(C)C)[Si](C)(C)C.C[Si](C)(C)N1CCOC1=O.C[Si](C)(C)N1CCOCC1. The van der Waals surface area contributed by atoms with Crippen molar-refractivity contribution in [1.29, 1.82) is 0 Å². The van der Waals surface area contributed by atoms with Gasteiger partial charge in [0.05, 0.1) is 13.2 Å². The molecule has 2 aliphatic heterocycles. The number of carbonyl (C=O) groups is 1. The summed E-state index contributed by atoms with van der Waals surface area (Å²) < 4.78 is 23.1. The maximum absolute atomic E-state index is 11.0. The maximum atomic E-state index is 11.0. The lowest BCUT2D eigenvalue weighted by Crippen LogP contribution is -2.53. The molecule has 2 heterocycles. The molecule has 2 saturated heterocycles. The lowest BCUT2D eigenvalue weighted by molar-refractivity contribution is 0.0311. The number of hydroxylamine groups is 1. The lowest BCUT2D eigenvalue weighted by Gasteiger charge is -2.38. The second-order valence-corrected chi connectivity index (χ2v) is 35.8. The van der Waals surface area contributed by atoms with Gasteiger partial charge in [0.15, 0.2) is 8.24 Å². The highest BCUT2D eigenvalue weighted by Crippen LogP contribution is 2.16. The lowest BCUT2D eigenvalue weighted by atomic mass is 10.5. The van der Waals surface area contributed by atoms with Crippen LogP contribution in [0.2, 0.25) is 91.7 Å². The molecule has 7 nitrogen and oxygen atoms in total. The first-order chi connectivity index (χ1) is 15.1. The highest BCUT2D eigenvalue weighted by atomic mass is 28.4. The van der Waals surface area contributed by atoms with Gasteiger partial charge in [-0.3, -0.25) is 0 Å². The van der Waals surface area contributed by atoms with Crippen LogP contribution in [0.3, 0.4) is 0 Å². The van der Waals surface area contributed by atoms with Gasteiger partial charge < -0.3 is 23.1 Å². The Morgan fingerprint density at radius 3 is 1.56 bits per heavy atom. The molecule has 0 spiro atoms. The van der Waals surface area contributed by atoms with E-state index in [-0.39, 0.29) is 6.09 Å². The van der Waals surface area contributed by atoms with Gasteiger partial charge in [-0.05, 0) is 19.6 Å². The third-order valence-electron chi connectivity index (χ3n) is 5.19. The van der Waals surface area contributed by atoms with Gasteiger partial charge in [0.25, 0.3) is 0 Å². The Kier molecular flexibility index (Phi) is 14.3. The Morgan fingerprint density at radius 1 is 0.824 bits per heavy atom. The van der Waals surface area contributed by atoms with Crippen LogP contribution < -0.4 is 0 Å². The minimum absolute atomic E-state index is 0.126. The second kappa shape index (κ2) is 14.2. The summed E-state index contributed by atoms with van der Waals surface area (Å²) in [6.45, 7) is 37.8. The van der Waals surface area contributed by atoms with E-state index in [9.17, 15) is 4.79 Å². The summed E-state index contributed by atoms with van der Waals surface area (Å²) in [6.07, 6.45) is 1.08. The van der Waals surface area contributed by atoms with Crippen molar-refractivity contribution in [3.63, 3.8) is 0 Å². The fraction of sp³-hybridized carbons (Fsp3) is 0.955. The molecular formula is C22H57N3O4Si5. The Labute approximate surface area is 217 Å². The molecule has 0 N–H and O–H groups in total. The molecule has 2 aliphatic rings. The molecule has 0 aromatic carbocycles. The fourth-order valence-electron chi connectivity index (χ4n) is 3.35. The molecule has 0 bridgehead atoms. The zero-order valence-corrected chi connectivity index (χ0v) is 30.2. The third-order valence-corrected chi connectivity index (χ3v) is 13.7. The first-order valence-corrected chi connectivity index (χ1v) is 29.8. The van der Waals surface area contributed by atoms with E-state index in [1.165, 1.54) is 6.17 Å². The summed E-state index contributed by atoms with van der Waals surface area (Å²) in [5.41, 5.74) is 0. The van der Waals surface area contributed by atoms with Gasteiger partial charge in [-0.15, -0.1) is 0 Å². The molecule has 0 aliphatic carbocycles. The molecule has 204 valence electrons. The molecule has 2 rings (SSSR count). The minimum atomic E-state index is -1.43. The van der Waals surface area contributed by atoms with Crippen LogP contribution in [0.4, 0.5) is 4.79 Å². The molecule has 34 heavy (non-hydrogen) atoms. The average Bonchev–Trinajstić information content (AvgIpc) is 3.06. The number of ether oxygens (including phenoxy) is 2. The van der Waals surface area contributed by atoms with E-state index in [2.05, 4.69) is 101 Å². The maximum Gasteiger partial charge on any atom is 0.401 e. The van der Waals surface area contributed by atoms with Crippen molar-refractivity contribution in [2.45, 2.75) is 91.7 Å². The minimum Gasteiger partial charge on any atom is -0.448 e. The third kappa shape index (κ3) is 15.3. The number of cyclic esters (lactones) is 1. The van der Waals surface area contributed by atoms with E-state index in [1.54, 1.807) is 0 Å². The van der Waals surface area contributed by atoms with Gasteiger partial charge in [0.2, 0.25) is 8.32 Å². The van der Waals surface area contributed by atoms with Crippen LogP contribution in [0, 0.1) is 0 Å². The number of hydrogen-bond donors (Lipinski definition) is 0. The number of carbonyl (C=O) groups excluding carboxylic acids is 1. The Bertz CT molecular complexity index is 593. The van der Waals surface area contributed by atoms with Crippen LogP contribution >= 0.6 is 0 Å². The van der Waals surface area contributed by atoms with Crippen molar-refractivity contribution in [2.75, 3.05) is 45.6 Å². The summed E-state index contributed by atoms with van der Waals surface area (Å²) in [4.78, 5) is 11.0. The van der Waals surface area contributed by atoms with Crippen LogP contribution in [0.1, 0.15) is 0 Å². The fourth-order valence-corrected chi connectivity index (χ4v) is 13.1. The van der Waals surface area contributed by atoms with E-state index in [0.29, 0.717) is 6.61 Å². The number of nitrogens with zero attached hydrogens (tertiary/aromatic N) is 3. The average molecular weight is 568 g/mol. The largest absolute Gasteiger partial charge is 0.448 e. The first kappa shape index (κ1) is 34.2. The zero-order valence-electron chi connectivity index (χ0n) is 25.0. The van der Waals surface area contributed by atoms with Gasteiger partial charge in [-0.25, -0.2) is 9.52 Å². The highest BCUT2D eigenvalue weighted by molar-refractivity contribution is 6.76. The van der Waals surface area contributed by atoms with Crippen molar-refractivity contribution >= 4 is 47.9 Å². The molecule has 0 radical (unpaired) electrons. The molecule has 2 fully saturated rings. The van der Waals surface area contributed by atoms with Gasteiger partial charge >= 0.3 is 6.09 Å². The summed E-state index contributed by atoms with van der Waals surface area (Å²) in [7, 11) is -5.68. The molecule has 12 heteroatoms. The number of hydrogen-bond acceptors (Lipinski definition) is 6. The van der Waals surface area contributed by atoms with Gasteiger partial charge in [-0.1, -0.05) is 72.0 Å². The van der Waals surface area contributed by atoms with Crippen LogP contribution in [0.25, 0.3) is 0 Å². The van der Waals surface area contributed by atoms with Crippen molar-refractivity contribution in [3.05, 3.63) is 0 Å². The van der Waals surface area contributed by atoms with E-state index in [4.69, 9.17) is 14.0 Å². The predicted octanol–water partition coefficient (Wildman–Crippen LogP) is 5.34. The van der Waals surface area contributed by atoms with E-state index < -0.39 is 41.8 Å². The van der Waals surface area contributed by atoms with E-state index >= 15 is 0 Å². The summed E-state index contributed by atoms with van der Waals surface area (Å²) >= 11 is 0. The van der Waals surface area contributed by atoms with E-state index in [1.807, 2.05) is 4.57 Å². The molecule has 0 atom stereocenters. The first-order valence-electron chi connectivity index (χ1n) is 12.9. The summed E-state index contributed by atoms with van der Waals surface area (Å²) in [5, 5.41) is 0. The molecule has 0 saturated carbocycles. The number of amides is 1. The van der Waals surface area contributed by atoms with Gasteiger partial charge in [0, 0.05) is 34.6 Å². The Morgan fingerprint density at radius 2 is 1.32 bits per heavy atom. The van der Waals surface area contributed by atoms with Gasteiger partial charge in [0.1, 0.15) is 23.1 Å². The van der Waals surface area contributed by atoms with Crippen LogP contribution in [-0.2, 0) is 14.0 Å². The monoisotopic (exact) mass is 567 g/mol. The van der Waals surface area contributed by atoms with Crippen LogP contribution in [0.5, 0.6) is 0 Å². The number of rotatable bonds is 7. The quantitative estimate of drug-likeness (QED) is 0.306. The normalized spacial score (nSPS) is 18.4. The van der Waals surface area contributed by atoms with Crippen molar-refractivity contribution in [2.24, 2.45) is 0 Å². The zero-order chi connectivity index (χ0) is 27.0. The molecular weight excluding hydrogens is 511 g/mol. The van der Waals surface area contributed by atoms with Crippen molar-refractivity contribution in [1.82, 2.24) is 13.9 Å². The molecule has 0 aromatic rings. The second-order valence-electron chi connectivity index (χ2n) is 13.5. The standard InChI is InChI=1S/C9H27NOSi3.C7H17NOSi.C6H13NO2Si/c1-12(2)9-10(13(3,4)5)11-14(6,7)8;1-10(2,3)8-4-6-9-7-5-8;1-10(2,3)7-4-5-9-6(7)8/h12H,9H2,1-8H3;4-7H2,1-3H3;4-5H2,1-3H3. The topological polar surface area (TPSA) is 54.5 Å². The van der Waals surface area contributed by atoms with E-state index in [0.717, 1.165) is 32.8 Å². The summed E-state index contributed by atoms with van der Waals surface area (Å²) in [5.74, 6) is 0. The summed E-state index contributed by atoms with van der Waals surface area (Å²) in [6, 6.07) is 0. The van der Waals surface area contributed by atoms with Crippen molar-refractivity contribution in [3.8, 4) is 0 Å².